The second-order valence-corrected chi connectivity index (χ2v) is 8.99. The Labute approximate surface area is 188 Å². The summed E-state index contributed by atoms with van der Waals surface area (Å²) in [6.07, 6.45) is 8.86. The van der Waals surface area contributed by atoms with E-state index in [-0.39, 0.29) is 11.9 Å². The number of carbonyl (C=O) groups excluding carboxylic acids is 1. The molecule has 0 spiro atoms. The summed E-state index contributed by atoms with van der Waals surface area (Å²) < 4.78 is 3.75. The molecular formula is C22H23N7O2S. The molecule has 32 heavy (non-hydrogen) atoms. The van der Waals surface area contributed by atoms with Gasteiger partial charge in [-0.15, -0.1) is 21.5 Å². The molecule has 4 aromatic heterocycles. The maximum atomic E-state index is 12.8. The molecule has 4 aromatic rings. The third-order valence-electron chi connectivity index (χ3n) is 5.66. The predicted octanol–water partition coefficient (Wildman–Crippen LogP) is 3.66. The highest BCUT2D eigenvalue weighted by Gasteiger charge is 2.26. The fourth-order valence-corrected chi connectivity index (χ4v) is 4.26. The van der Waals surface area contributed by atoms with Gasteiger partial charge in [0.05, 0.1) is 40.4 Å². The van der Waals surface area contributed by atoms with E-state index < -0.39 is 6.10 Å². The van der Waals surface area contributed by atoms with Crippen molar-refractivity contribution in [3.05, 3.63) is 60.0 Å². The summed E-state index contributed by atoms with van der Waals surface area (Å²) in [5, 5.41) is 22.8. The number of hydrogen-bond acceptors (Lipinski definition) is 7. The molecule has 0 aliphatic heterocycles. The number of aliphatic hydroxyl groups excluding tert-OH is 1. The molecule has 10 heteroatoms. The van der Waals surface area contributed by atoms with Crippen LogP contribution in [0.3, 0.4) is 0 Å². The van der Waals surface area contributed by atoms with Crippen LogP contribution in [0.25, 0.3) is 16.4 Å². The third-order valence-corrected chi connectivity index (χ3v) is 6.59. The summed E-state index contributed by atoms with van der Waals surface area (Å²) in [7, 11) is 0. The lowest BCUT2D eigenvalue weighted by Gasteiger charge is -2.17. The number of thiophene rings is 1. The number of imidazole rings is 1. The predicted molar refractivity (Wildman–Crippen MR) is 121 cm³/mol. The number of aromatic nitrogens is 6. The quantitative estimate of drug-likeness (QED) is 0.445. The van der Waals surface area contributed by atoms with Crippen LogP contribution in [0.2, 0.25) is 0 Å². The Balaban J connectivity index is 1.32. The maximum absolute atomic E-state index is 12.8. The Hall–Kier alpha value is -3.37. The lowest BCUT2D eigenvalue weighted by molar-refractivity contribution is 0.102. The molecule has 0 bridgehead atoms. The summed E-state index contributed by atoms with van der Waals surface area (Å²) in [5.41, 5.74) is 2.91. The van der Waals surface area contributed by atoms with Crippen molar-refractivity contribution in [1.82, 2.24) is 29.3 Å². The van der Waals surface area contributed by atoms with Crippen LogP contribution in [0.15, 0.2) is 48.6 Å². The Morgan fingerprint density at radius 1 is 1.25 bits per heavy atom. The van der Waals surface area contributed by atoms with E-state index >= 15 is 0 Å². The first-order valence-electron chi connectivity index (χ1n) is 10.5. The minimum Gasteiger partial charge on any atom is -0.391 e. The maximum Gasteiger partial charge on any atom is 0.274 e. The lowest BCUT2D eigenvalue weighted by Crippen LogP contribution is -2.18. The summed E-state index contributed by atoms with van der Waals surface area (Å²) in [6.45, 7) is 3.63. The van der Waals surface area contributed by atoms with Gasteiger partial charge in [0.15, 0.2) is 5.82 Å². The van der Waals surface area contributed by atoms with Gasteiger partial charge in [-0.1, -0.05) is 0 Å². The molecule has 5 rings (SSSR count). The van der Waals surface area contributed by atoms with Crippen LogP contribution < -0.4 is 5.32 Å². The fraction of sp³-hybridized carbons (Fsp3) is 0.318. The van der Waals surface area contributed by atoms with Gasteiger partial charge in [0.25, 0.3) is 5.91 Å². The average molecular weight is 450 g/mol. The van der Waals surface area contributed by atoms with E-state index in [0.29, 0.717) is 23.1 Å². The standard InChI is InChI=1S/C22H23N7O2S/c1-13(14(2)30)29-12-25-27-21(29)20-7-16(10-32-20)26-22(31)18-8-17(5-6-23-18)28-9-19(24-11-28)15-3-4-15/h5-15,30H,3-4H2,1-2H3,(H,26,31). The lowest BCUT2D eigenvalue weighted by atomic mass is 10.2. The van der Waals surface area contributed by atoms with Crippen LogP contribution in [0, 0.1) is 0 Å². The number of anilines is 1. The summed E-state index contributed by atoms with van der Waals surface area (Å²) in [4.78, 5) is 22.4. The second-order valence-electron chi connectivity index (χ2n) is 8.08. The van der Waals surface area contributed by atoms with Crippen LogP contribution in [-0.2, 0) is 0 Å². The number of rotatable bonds is 7. The number of nitrogens with one attached hydrogen (secondary N) is 1. The second kappa shape index (κ2) is 8.29. The van der Waals surface area contributed by atoms with Crippen molar-refractivity contribution < 1.29 is 9.90 Å². The monoisotopic (exact) mass is 449 g/mol. The van der Waals surface area contributed by atoms with Crippen LogP contribution in [0.4, 0.5) is 5.69 Å². The fourth-order valence-electron chi connectivity index (χ4n) is 3.44. The highest BCUT2D eigenvalue weighted by Crippen LogP contribution is 2.39. The van der Waals surface area contributed by atoms with Crippen LogP contribution in [-0.4, -0.2) is 46.4 Å². The first-order chi connectivity index (χ1) is 15.5. The van der Waals surface area contributed by atoms with Crippen molar-refractivity contribution >= 4 is 22.9 Å². The molecule has 2 unspecified atom stereocenters. The van der Waals surface area contributed by atoms with E-state index in [4.69, 9.17) is 0 Å². The van der Waals surface area contributed by atoms with Gasteiger partial charge in [-0.2, -0.15) is 0 Å². The number of hydrogen-bond donors (Lipinski definition) is 2. The number of aliphatic hydroxyl groups is 1. The first-order valence-corrected chi connectivity index (χ1v) is 11.4. The van der Waals surface area contributed by atoms with Crippen LogP contribution in [0.1, 0.15) is 54.8 Å². The van der Waals surface area contributed by atoms with Gasteiger partial charge in [-0.25, -0.2) is 4.98 Å². The Morgan fingerprint density at radius 2 is 2.09 bits per heavy atom. The average Bonchev–Trinajstić information content (AvgIpc) is 3.20. The normalized spacial score (nSPS) is 15.5. The molecule has 1 fully saturated rings. The largest absolute Gasteiger partial charge is 0.391 e. The zero-order valence-corrected chi connectivity index (χ0v) is 18.5. The zero-order valence-electron chi connectivity index (χ0n) is 17.7. The van der Waals surface area contributed by atoms with Crippen molar-refractivity contribution in [2.24, 2.45) is 0 Å². The molecule has 0 saturated heterocycles. The van der Waals surface area contributed by atoms with Crippen molar-refractivity contribution in [2.75, 3.05) is 5.32 Å². The molecule has 2 N–H and O–H groups in total. The molecule has 1 aliphatic rings. The van der Waals surface area contributed by atoms with Gasteiger partial charge in [0.2, 0.25) is 0 Å². The van der Waals surface area contributed by atoms with Gasteiger partial charge in [-0.05, 0) is 44.9 Å². The molecule has 164 valence electrons. The summed E-state index contributed by atoms with van der Waals surface area (Å²) in [5.74, 6) is 0.927. The van der Waals surface area contributed by atoms with Crippen molar-refractivity contribution in [2.45, 2.75) is 44.8 Å². The van der Waals surface area contributed by atoms with E-state index in [9.17, 15) is 9.90 Å². The van der Waals surface area contributed by atoms with Crippen LogP contribution in [0.5, 0.6) is 0 Å². The topological polar surface area (TPSA) is 111 Å². The van der Waals surface area contributed by atoms with E-state index in [1.165, 1.54) is 24.2 Å². The molecule has 9 nitrogen and oxygen atoms in total. The number of amides is 1. The Bertz CT molecular complexity index is 1250. The smallest absolute Gasteiger partial charge is 0.274 e. The number of pyridine rings is 1. The molecule has 1 aliphatic carbocycles. The Kier molecular flexibility index (Phi) is 5.32. The third kappa shape index (κ3) is 4.06. The minimum atomic E-state index is -0.543. The number of nitrogens with zero attached hydrogens (tertiary/aromatic N) is 6. The van der Waals surface area contributed by atoms with E-state index in [2.05, 4.69) is 25.5 Å². The Morgan fingerprint density at radius 3 is 2.88 bits per heavy atom. The van der Waals surface area contributed by atoms with Gasteiger partial charge >= 0.3 is 0 Å². The molecular weight excluding hydrogens is 426 g/mol. The molecule has 0 aromatic carbocycles. The van der Waals surface area contributed by atoms with Crippen molar-refractivity contribution in [3.63, 3.8) is 0 Å². The van der Waals surface area contributed by atoms with Gasteiger partial charge in [-0.3, -0.25) is 9.78 Å². The van der Waals surface area contributed by atoms with Crippen molar-refractivity contribution in [3.8, 4) is 16.4 Å². The molecule has 1 saturated carbocycles. The SMILES string of the molecule is CC(O)C(C)n1cnnc1-c1cc(NC(=O)c2cc(-n3cnc(C4CC4)c3)ccn2)cs1. The highest BCUT2D eigenvalue weighted by atomic mass is 32.1. The zero-order chi connectivity index (χ0) is 22.2. The molecule has 4 heterocycles. The minimum absolute atomic E-state index is 0.171. The molecule has 1 amide bonds. The van der Waals surface area contributed by atoms with E-state index in [1.54, 1.807) is 31.8 Å². The van der Waals surface area contributed by atoms with Gasteiger partial charge in [0.1, 0.15) is 12.0 Å². The summed E-state index contributed by atoms with van der Waals surface area (Å²) >= 11 is 1.45. The van der Waals surface area contributed by atoms with Gasteiger partial charge in [0, 0.05) is 23.7 Å². The van der Waals surface area contributed by atoms with E-state index in [1.807, 2.05) is 39.8 Å². The van der Waals surface area contributed by atoms with Gasteiger partial charge < -0.3 is 19.6 Å². The molecule has 0 radical (unpaired) electrons. The summed E-state index contributed by atoms with van der Waals surface area (Å²) in [6, 6.07) is 5.28. The molecule has 2 atom stereocenters. The van der Waals surface area contributed by atoms with E-state index in [0.717, 1.165) is 16.3 Å². The first kappa shape index (κ1) is 20.5. The van der Waals surface area contributed by atoms with Crippen molar-refractivity contribution in [1.29, 1.82) is 0 Å². The van der Waals surface area contributed by atoms with Crippen LogP contribution >= 0.6 is 11.3 Å². The highest BCUT2D eigenvalue weighted by molar-refractivity contribution is 7.14. The number of carbonyl (C=O) groups is 1.